The monoisotopic (exact) mass is 341 g/mol. The lowest BCUT2D eigenvalue weighted by Gasteiger charge is -2.61. The van der Waals surface area contributed by atoms with Crippen LogP contribution in [0.15, 0.2) is 28.8 Å². The molecule has 0 unspecified atom stereocenters. The van der Waals surface area contributed by atoms with E-state index >= 15 is 0 Å². The normalized spacial score (nSPS) is 23.8. The standard InChI is InChI=1S/C19H23N3O3/c1-3-24-16-11-15(19(16)9-6-10-19)21-17(23)13-7-4-5-8-14(13)18-20-12(2)22-25-18/h4-5,7-8,15-16H,3,6,9-11H2,1-2H3,(H,21,23)/t15-,16+/m1/s1. The van der Waals surface area contributed by atoms with Crippen LogP contribution in [0.3, 0.4) is 0 Å². The van der Waals surface area contributed by atoms with Crippen molar-refractivity contribution in [2.45, 2.75) is 51.7 Å². The highest BCUT2D eigenvalue weighted by molar-refractivity contribution is 6.00. The van der Waals surface area contributed by atoms with Gasteiger partial charge in [0, 0.05) is 18.1 Å². The number of nitrogens with zero attached hydrogens (tertiary/aromatic N) is 2. The van der Waals surface area contributed by atoms with Gasteiger partial charge in [-0.2, -0.15) is 4.98 Å². The van der Waals surface area contributed by atoms with Gasteiger partial charge in [-0.25, -0.2) is 0 Å². The highest BCUT2D eigenvalue weighted by atomic mass is 16.5. The fourth-order valence-electron chi connectivity index (χ4n) is 4.15. The Kier molecular flexibility index (Phi) is 4.07. The SMILES string of the molecule is CCO[C@H]1C[C@@H](NC(=O)c2ccccc2-c2nc(C)no2)C12CCC2. The number of aromatic nitrogens is 2. The van der Waals surface area contributed by atoms with E-state index in [2.05, 4.69) is 15.5 Å². The number of benzene rings is 1. The van der Waals surface area contributed by atoms with Gasteiger partial charge >= 0.3 is 0 Å². The van der Waals surface area contributed by atoms with Gasteiger partial charge in [0.1, 0.15) is 0 Å². The van der Waals surface area contributed by atoms with E-state index in [1.54, 1.807) is 13.0 Å². The van der Waals surface area contributed by atoms with E-state index in [9.17, 15) is 4.79 Å². The number of carbonyl (C=O) groups is 1. The third-order valence-electron chi connectivity index (χ3n) is 5.67. The van der Waals surface area contributed by atoms with Gasteiger partial charge in [-0.15, -0.1) is 0 Å². The maximum Gasteiger partial charge on any atom is 0.258 e. The van der Waals surface area contributed by atoms with Crippen LogP contribution >= 0.6 is 0 Å². The molecule has 0 radical (unpaired) electrons. The van der Waals surface area contributed by atoms with Crippen LogP contribution < -0.4 is 5.32 Å². The minimum atomic E-state index is -0.0855. The van der Waals surface area contributed by atoms with E-state index in [0.717, 1.165) is 25.9 Å². The van der Waals surface area contributed by atoms with Crippen molar-refractivity contribution in [3.8, 4) is 11.5 Å². The van der Waals surface area contributed by atoms with Gasteiger partial charge in [0.2, 0.25) is 0 Å². The molecule has 2 atom stereocenters. The predicted molar refractivity (Wildman–Crippen MR) is 92.0 cm³/mol. The Hall–Kier alpha value is -2.21. The summed E-state index contributed by atoms with van der Waals surface area (Å²) in [5, 5.41) is 7.05. The van der Waals surface area contributed by atoms with Crippen LogP contribution in [0.5, 0.6) is 0 Å². The van der Waals surface area contributed by atoms with Crippen molar-refractivity contribution in [2.75, 3.05) is 6.61 Å². The lowest BCUT2D eigenvalue weighted by molar-refractivity contribution is -0.169. The van der Waals surface area contributed by atoms with Gasteiger partial charge in [-0.1, -0.05) is 23.7 Å². The Bertz CT molecular complexity index is 782. The highest BCUT2D eigenvalue weighted by Gasteiger charge is 2.59. The summed E-state index contributed by atoms with van der Waals surface area (Å²) in [6, 6.07) is 7.54. The van der Waals surface area contributed by atoms with E-state index in [1.807, 2.05) is 25.1 Å². The van der Waals surface area contributed by atoms with Crippen LogP contribution in [0.1, 0.15) is 48.8 Å². The molecule has 1 aromatic heterocycles. The van der Waals surface area contributed by atoms with Gasteiger partial charge < -0.3 is 14.6 Å². The first-order valence-electron chi connectivity index (χ1n) is 8.96. The summed E-state index contributed by atoms with van der Waals surface area (Å²) >= 11 is 0. The van der Waals surface area contributed by atoms with Crippen LogP contribution in [0.2, 0.25) is 0 Å². The fourth-order valence-corrected chi connectivity index (χ4v) is 4.15. The van der Waals surface area contributed by atoms with Gasteiger partial charge in [0.05, 0.1) is 17.2 Å². The maximum atomic E-state index is 12.9. The quantitative estimate of drug-likeness (QED) is 0.904. The Balaban J connectivity index is 1.53. The minimum absolute atomic E-state index is 0.0855. The zero-order chi connectivity index (χ0) is 17.4. The molecule has 2 saturated carbocycles. The van der Waals surface area contributed by atoms with Crippen molar-refractivity contribution in [3.63, 3.8) is 0 Å². The van der Waals surface area contributed by atoms with E-state index in [0.29, 0.717) is 22.8 Å². The molecule has 132 valence electrons. The Morgan fingerprint density at radius 1 is 1.40 bits per heavy atom. The van der Waals surface area contributed by atoms with Crippen molar-refractivity contribution in [2.24, 2.45) is 5.41 Å². The third kappa shape index (κ3) is 2.65. The lowest BCUT2D eigenvalue weighted by atomic mass is 9.51. The topological polar surface area (TPSA) is 77.2 Å². The van der Waals surface area contributed by atoms with Crippen molar-refractivity contribution in [1.82, 2.24) is 15.5 Å². The molecule has 1 amide bonds. The largest absolute Gasteiger partial charge is 0.378 e. The molecular formula is C19H23N3O3. The van der Waals surface area contributed by atoms with E-state index in [-0.39, 0.29) is 23.5 Å². The van der Waals surface area contributed by atoms with E-state index in [1.165, 1.54) is 6.42 Å². The minimum Gasteiger partial charge on any atom is -0.378 e. The molecule has 1 aromatic carbocycles. The summed E-state index contributed by atoms with van der Waals surface area (Å²) in [6.07, 6.45) is 4.65. The summed E-state index contributed by atoms with van der Waals surface area (Å²) in [6.45, 7) is 4.52. The summed E-state index contributed by atoms with van der Waals surface area (Å²) in [7, 11) is 0. The number of hydrogen-bond acceptors (Lipinski definition) is 5. The molecule has 0 saturated heterocycles. The molecule has 25 heavy (non-hydrogen) atoms. The number of hydrogen-bond donors (Lipinski definition) is 1. The van der Waals surface area contributed by atoms with Crippen molar-refractivity contribution >= 4 is 5.91 Å². The number of aryl methyl sites for hydroxylation is 1. The fraction of sp³-hybridized carbons (Fsp3) is 0.526. The molecule has 0 bridgehead atoms. The molecule has 2 aromatic rings. The summed E-state index contributed by atoms with van der Waals surface area (Å²) in [4.78, 5) is 17.2. The van der Waals surface area contributed by atoms with Crippen molar-refractivity contribution in [1.29, 1.82) is 0 Å². The Morgan fingerprint density at radius 3 is 2.84 bits per heavy atom. The molecule has 4 rings (SSSR count). The summed E-state index contributed by atoms with van der Waals surface area (Å²) < 4.78 is 11.1. The van der Waals surface area contributed by atoms with Crippen LogP contribution in [-0.4, -0.2) is 34.8 Å². The molecule has 6 heteroatoms. The van der Waals surface area contributed by atoms with Crippen molar-refractivity contribution < 1.29 is 14.1 Å². The van der Waals surface area contributed by atoms with Gasteiger partial charge in [-0.05, 0) is 45.2 Å². The number of amides is 1. The third-order valence-corrected chi connectivity index (χ3v) is 5.67. The Labute approximate surface area is 147 Å². The molecule has 0 aliphatic heterocycles. The lowest BCUT2D eigenvalue weighted by Crippen LogP contribution is -2.67. The van der Waals surface area contributed by atoms with Gasteiger partial charge in [0.15, 0.2) is 5.82 Å². The zero-order valence-electron chi connectivity index (χ0n) is 14.6. The second kappa shape index (κ2) is 6.26. The summed E-state index contributed by atoms with van der Waals surface area (Å²) in [5.41, 5.74) is 1.38. The first-order chi connectivity index (χ1) is 12.1. The van der Waals surface area contributed by atoms with E-state index in [4.69, 9.17) is 9.26 Å². The number of rotatable bonds is 5. The Morgan fingerprint density at radius 2 is 2.20 bits per heavy atom. The summed E-state index contributed by atoms with van der Waals surface area (Å²) in [5.74, 6) is 0.845. The van der Waals surface area contributed by atoms with Crippen LogP contribution in [0.25, 0.3) is 11.5 Å². The van der Waals surface area contributed by atoms with Crippen LogP contribution in [0, 0.1) is 12.3 Å². The predicted octanol–water partition coefficient (Wildman–Crippen LogP) is 3.12. The molecule has 2 aliphatic carbocycles. The maximum absolute atomic E-state index is 12.9. The molecule has 6 nitrogen and oxygen atoms in total. The van der Waals surface area contributed by atoms with Gasteiger partial charge in [0.25, 0.3) is 11.8 Å². The molecule has 2 fully saturated rings. The van der Waals surface area contributed by atoms with Crippen LogP contribution in [0.4, 0.5) is 0 Å². The first kappa shape index (κ1) is 16.3. The molecule has 1 heterocycles. The second-order valence-corrected chi connectivity index (χ2v) is 6.98. The molecule has 1 spiro atoms. The molecular weight excluding hydrogens is 318 g/mol. The number of nitrogens with one attached hydrogen (secondary N) is 1. The molecule has 2 aliphatic rings. The first-order valence-corrected chi connectivity index (χ1v) is 8.96. The highest BCUT2D eigenvalue weighted by Crippen LogP contribution is 2.57. The zero-order valence-corrected chi connectivity index (χ0v) is 14.6. The average molecular weight is 341 g/mol. The van der Waals surface area contributed by atoms with E-state index < -0.39 is 0 Å². The number of ether oxygens (including phenoxy) is 1. The smallest absolute Gasteiger partial charge is 0.258 e. The number of carbonyl (C=O) groups excluding carboxylic acids is 1. The second-order valence-electron chi connectivity index (χ2n) is 6.98. The molecule has 1 N–H and O–H groups in total. The average Bonchev–Trinajstić information content (AvgIpc) is 2.98. The van der Waals surface area contributed by atoms with Gasteiger partial charge in [-0.3, -0.25) is 4.79 Å². The van der Waals surface area contributed by atoms with Crippen molar-refractivity contribution in [3.05, 3.63) is 35.7 Å². The van der Waals surface area contributed by atoms with Crippen LogP contribution in [-0.2, 0) is 4.74 Å².